The molecule has 3 rings (SSSR count). The van der Waals surface area contributed by atoms with E-state index in [2.05, 4.69) is 56.1 Å². The number of benzene rings is 1. The molecule has 1 heterocycles. The zero-order chi connectivity index (χ0) is 14.0. The van der Waals surface area contributed by atoms with E-state index in [-0.39, 0.29) is 0 Å². The van der Waals surface area contributed by atoms with Gasteiger partial charge in [-0.15, -0.1) is 11.8 Å². The van der Waals surface area contributed by atoms with Gasteiger partial charge in [-0.2, -0.15) is 0 Å². The van der Waals surface area contributed by atoms with E-state index in [0.717, 1.165) is 22.5 Å². The molecule has 110 valence electrons. The molecule has 1 aromatic carbocycles. The Hall–Kier alpha value is 0.530. The maximum atomic E-state index is 3.85. The average Bonchev–Trinajstić information content (AvgIpc) is 3.15. The van der Waals surface area contributed by atoms with Crippen molar-refractivity contribution in [3.05, 3.63) is 29.8 Å². The largest absolute Gasteiger partial charge is 0.125 e. The Morgan fingerprint density at radius 2 is 1.80 bits per heavy atom. The minimum absolute atomic E-state index is 0.444. The summed E-state index contributed by atoms with van der Waals surface area (Å²) in [5.74, 6) is 2.92. The minimum atomic E-state index is 0.444. The normalized spacial score (nSPS) is 23.2. The third kappa shape index (κ3) is 2.87. The highest BCUT2D eigenvalue weighted by atomic mass is 79.9. The molecule has 0 nitrogen and oxygen atoms in total. The molecule has 20 heavy (non-hydrogen) atoms. The second-order valence-electron chi connectivity index (χ2n) is 6.36. The van der Waals surface area contributed by atoms with Gasteiger partial charge >= 0.3 is 0 Å². The minimum Gasteiger partial charge on any atom is -0.125 e. The molecule has 1 atom stereocenters. The van der Waals surface area contributed by atoms with Crippen LogP contribution in [-0.2, 0) is 0 Å². The van der Waals surface area contributed by atoms with Crippen LogP contribution in [0.4, 0.5) is 0 Å². The maximum absolute atomic E-state index is 3.85. The summed E-state index contributed by atoms with van der Waals surface area (Å²) in [6.45, 7) is 0. The molecule has 2 aliphatic rings. The first-order valence-corrected chi connectivity index (χ1v) is 10.9. The lowest BCUT2D eigenvalue weighted by atomic mass is 9.71. The van der Waals surface area contributed by atoms with Gasteiger partial charge in [0.05, 0.1) is 0 Å². The molecule has 0 aromatic heterocycles. The van der Waals surface area contributed by atoms with Crippen molar-refractivity contribution >= 4 is 43.6 Å². The second kappa shape index (κ2) is 6.75. The van der Waals surface area contributed by atoms with Gasteiger partial charge in [0.25, 0.3) is 0 Å². The number of halogens is 2. The van der Waals surface area contributed by atoms with E-state index in [4.69, 9.17) is 0 Å². The molecule has 1 unspecified atom stereocenters. The molecule has 1 aliphatic carbocycles. The lowest BCUT2D eigenvalue weighted by molar-refractivity contribution is 0.204. The summed E-state index contributed by atoms with van der Waals surface area (Å²) in [7, 11) is 0. The van der Waals surface area contributed by atoms with Crippen LogP contribution in [-0.4, -0.2) is 16.4 Å². The lowest BCUT2D eigenvalue weighted by Gasteiger charge is -2.38. The Balaban J connectivity index is 1.81. The Labute approximate surface area is 143 Å². The Morgan fingerprint density at radius 1 is 1.10 bits per heavy atom. The van der Waals surface area contributed by atoms with E-state index in [1.54, 1.807) is 5.56 Å². The Morgan fingerprint density at radius 3 is 2.50 bits per heavy atom. The van der Waals surface area contributed by atoms with Crippen LogP contribution in [0.15, 0.2) is 29.2 Å². The first kappa shape index (κ1) is 15.4. The number of hydrogen-bond acceptors (Lipinski definition) is 1. The molecule has 0 amide bonds. The van der Waals surface area contributed by atoms with Crippen LogP contribution >= 0.6 is 43.6 Å². The van der Waals surface area contributed by atoms with E-state index in [9.17, 15) is 0 Å². The highest BCUT2D eigenvalue weighted by molar-refractivity contribution is 9.09. The van der Waals surface area contributed by atoms with Gasteiger partial charge in [-0.05, 0) is 48.1 Å². The third-order valence-electron chi connectivity index (χ3n) is 5.21. The van der Waals surface area contributed by atoms with E-state index in [1.165, 1.54) is 42.8 Å². The zero-order valence-electron chi connectivity index (χ0n) is 11.8. The third-order valence-corrected chi connectivity index (χ3v) is 8.69. The summed E-state index contributed by atoms with van der Waals surface area (Å²) in [6.07, 6.45) is 7.06. The molecular weight excluding hydrogens is 396 g/mol. The summed E-state index contributed by atoms with van der Waals surface area (Å²) < 4.78 is 0. The van der Waals surface area contributed by atoms with Gasteiger partial charge < -0.3 is 0 Å². The van der Waals surface area contributed by atoms with Crippen molar-refractivity contribution in [2.45, 2.75) is 42.9 Å². The lowest BCUT2D eigenvalue weighted by Crippen LogP contribution is -2.35. The van der Waals surface area contributed by atoms with Crippen LogP contribution in [0.2, 0.25) is 0 Å². The van der Waals surface area contributed by atoms with Gasteiger partial charge in [-0.1, -0.05) is 62.9 Å². The molecule has 0 radical (unpaired) electrons. The predicted octanol–water partition coefficient (Wildman–Crippen LogP) is 6.23. The van der Waals surface area contributed by atoms with E-state index in [1.807, 2.05) is 11.8 Å². The number of hydrogen-bond donors (Lipinski definition) is 0. The standard InChI is InChI=1S/C17H22Br2S/c18-11-17(12-19,14-5-1-2-6-14)9-13-10-20-16-8-4-3-7-15(13)16/h3-4,7-8,13-14H,1-2,5-6,9-12H2. The topological polar surface area (TPSA) is 0 Å². The number of rotatable bonds is 5. The Bertz CT molecular complexity index is 450. The van der Waals surface area contributed by atoms with Crippen LogP contribution in [0.25, 0.3) is 0 Å². The van der Waals surface area contributed by atoms with Crippen molar-refractivity contribution in [2.24, 2.45) is 11.3 Å². The van der Waals surface area contributed by atoms with E-state index < -0.39 is 0 Å². The van der Waals surface area contributed by atoms with Crippen molar-refractivity contribution in [3.63, 3.8) is 0 Å². The summed E-state index contributed by atoms with van der Waals surface area (Å²) >= 11 is 9.76. The number of thioether (sulfide) groups is 1. The molecule has 0 N–H and O–H groups in total. The molecule has 1 aliphatic heterocycles. The highest BCUT2D eigenvalue weighted by Crippen LogP contribution is 2.51. The van der Waals surface area contributed by atoms with Crippen LogP contribution in [0.1, 0.15) is 43.6 Å². The van der Waals surface area contributed by atoms with Crippen molar-refractivity contribution in [3.8, 4) is 0 Å². The molecule has 0 bridgehead atoms. The fourth-order valence-electron chi connectivity index (χ4n) is 3.96. The fraction of sp³-hybridized carbons (Fsp3) is 0.647. The first-order valence-electron chi connectivity index (χ1n) is 7.63. The molecular formula is C17H22Br2S. The van der Waals surface area contributed by atoms with Gasteiger partial charge in [0.2, 0.25) is 0 Å². The van der Waals surface area contributed by atoms with Gasteiger partial charge in [0.15, 0.2) is 0 Å². The summed E-state index contributed by atoms with van der Waals surface area (Å²) in [6, 6.07) is 9.02. The van der Waals surface area contributed by atoms with Crippen LogP contribution in [0.3, 0.4) is 0 Å². The predicted molar refractivity (Wildman–Crippen MR) is 96.5 cm³/mol. The quantitative estimate of drug-likeness (QED) is 0.511. The van der Waals surface area contributed by atoms with Crippen molar-refractivity contribution < 1.29 is 0 Å². The summed E-state index contributed by atoms with van der Waals surface area (Å²) in [5, 5.41) is 2.28. The zero-order valence-corrected chi connectivity index (χ0v) is 15.8. The first-order chi connectivity index (χ1) is 9.79. The van der Waals surface area contributed by atoms with Crippen LogP contribution < -0.4 is 0 Å². The molecule has 1 saturated carbocycles. The molecule has 3 heteroatoms. The number of fused-ring (bicyclic) bond motifs is 1. The van der Waals surface area contributed by atoms with Crippen molar-refractivity contribution in [1.29, 1.82) is 0 Å². The monoisotopic (exact) mass is 416 g/mol. The molecule has 0 saturated heterocycles. The van der Waals surface area contributed by atoms with Crippen molar-refractivity contribution in [1.82, 2.24) is 0 Å². The van der Waals surface area contributed by atoms with Crippen LogP contribution in [0.5, 0.6) is 0 Å². The molecule has 1 aromatic rings. The smallest absolute Gasteiger partial charge is 0.0107 e. The molecule has 0 spiro atoms. The fourth-order valence-corrected chi connectivity index (χ4v) is 7.51. The SMILES string of the molecule is BrCC(CBr)(CC1CSc2ccccc21)C1CCCC1. The Kier molecular flexibility index (Phi) is 5.20. The molecule has 1 fully saturated rings. The highest BCUT2D eigenvalue weighted by Gasteiger charge is 2.41. The average molecular weight is 418 g/mol. The van der Waals surface area contributed by atoms with Gasteiger partial charge in [-0.25, -0.2) is 0 Å². The number of alkyl halides is 2. The maximum Gasteiger partial charge on any atom is 0.0107 e. The summed E-state index contributed by atoms with van der Waals surface area (Å²) in [4.78, 5) is 1.52. The second-order valence-corrected chi connectivity index (χ2v) is 8.54. The van der Waals surface area contributed by atoms with E-state index >= 15 is 0 Å². The van der Waals surface area contributed by atoms with Gasteiger partial charge in [0, 0.05) is 21.3 Å². The van der Waals surface area contributed by atoms with Crippen molar-refractivity contribution in [2.75, 3.05) is 16.4 Å². The van der Waals surface area contributed by atoms with Gasteiger partial charge in [0.1, 0.15) is 0 Å². The van der Waals surface area contributed by atoms with E-state index in [0.29, 0.717) is 5.41 Å². The van der Waals surface area contributed by atoms with Crippen LogP contribution in [0, 0.1) is 11.3 Å². The summed E-state index contributed by atoms with van der Waals surface area (Å²) in [5.41, 5.74) is 2.04. The van der Waals surface area contributed by atoms with Gasteiger partial charge in [-0.3, -0.25) is 0 Å².